The Morgan fingerprint density at radius 2 is 1.50 bits per heavy atom. The molecule has 204 valence electrons. The Labute approximate surface area is 235 Å². The summed E-state index contributed by atoms with van der Waals surface area (Å²) < 4.78 is 6.78. The maximum Gasteiger partial charge on any atom is 0.305 e. The van der Waals surface area contributed by atoms with Gasteiger partial charge in [0.25, 0.3) is 0 Å². The van der Waals surface area contributed by atoms with Crippen molar-refractivity contribution in [3.8, 4) is 0 Å². The number of hydrogen-bond donors (Lipinski definition) is 0. The summed E-state index contributed by atoms with van der Waals surface area (Å²) in [5, 5.41) is 8.29. The largest absolute Gasteiger partial charge is 0.466 e. The molecular formula is C33H34N4O3. The first-order valence-corrected chi connectivity index (χ1v) is 13.8. The predicted octanol–water partition coefficient (Wildman–Crippen LogP) is 5.27. The standard InChI is InChI=1S/C33H34N4O3/c1-2-40-32(39)19-12-21-37-30(24-34-35-37)23-26-25-36(22-20-31(26)38)33(27-13-6-3-7-14-27,28-15-8-4-9-16-28)29-17-10-5-11-18-29/h3-11,13-18,23-24H,2,12,19-22,25H2,1H3. The third-order valence-electron chi connectivity index (χ3n) is 7.40. The quantitative estimate of drug-likeness (QED) is 0.157. The average Bonchev–Trinajstić information content (AvgIpc) is 3.43. The zero-order chi connectivity index (χ0) is 27.8. The van der Waals surface area contributed by atoms with Gasteiger partial charge in [-0.2, -0.15) is 0 Å². The first kappa shape index (κ1) is 27.2. The SMILES string of the molecule is CCOC(=O)CCCn1nncc1C=C1CN(C(c2ccccc2)(c2ccccc2)c2ccccc2)CCC1=O. The lowest BCUT2D eigenvalue weighted by Crippen LogP contribution is -2.52. The average molecular weight is 535 g/mol. The molecule has 1 saturated heterocycles. The van der Waals surface area contributed by atoms with Gasteiger partial charge in [0.15, 0.2) is 5.78 Å². The summed E-state index contributed by atoms with van der Waals surface area (Å²) >= 11 is 0. The molecule has 7 nitrogen and oxygen atoms in total. The van der Waals surface area contributed by atoms with Gasteiger partial charge in [0.05, 0.1) is 24.0 Å². The van der Waals surface area contributed by atoms with Gasteiger partial charge in [-0.3, -0.25) is 14.5 Å². The van der Waals surface area contributed by atoms with Crippen molar-refractivity contribution in [2.45, 2.75) is 38.3 Å². The molecule has 7 heteroatoms. The molecular weight excluding hydrogens is 500 g/mol. The van der Waals surface area contributed by atoms with E-state index in [2.05, 4.69) is 88.0 Å². The van der Waals surface area contributed by atoms with Crippen LogP contribution in [0.1, 0.15) is 48.6 Å². The molecule has 3 aromatic carbocycles. The van der Waals surface area contributed by atoms with Gasteiger partial charge >= 0.3 is 5.97 Å². The molecule has 1 aromatic heterocycles. The molecule has 1 aliphatic rings. The fraction of sp³-hybridized carbons (Fsp3) is 0.273. The van der Waals surface area contributed by atoms with Crippen molar-refractivity contribution in [1.29, 1.82) is 0 Å². The summed E-state index contributed by atoms with van der Waals surface area (Å²) in [7, 11) is 0. The zero-order valence-electron chi connectivity index (χ0n) is 22.8. The summed E-state index contributed by atoms with van der Waals surface area (Å²) in [4.78, 5) is 27.5. The van der Waals surface area contributed by atoms with Gasteiger partial charge in [0.2, 0.25) is 0 Å². The minimum atomic E-state index is -0.596. The predicted molar refractivity (Wildman–Crippen MR) is 154 cm³/mol. The molecule has 0 bridgehead atoms. The molecule has 0 N–H and O–H groups in total. The lowest BCUT2D eigenvalue weighted by Gasteiger charge is -2.47. The number of aromatic nitrogens is 3. The van der Waals surface area contributed by atoms with E-state index in [0.29, 0.717) is 51.1 Å². The lowest BCUT2D eigenvalue weighted by molar-refractivity contribution is -0.143. The van der Waals surface area contributed by atoms with Crippen molar-refractivity contribution in [3.05, 3.63) is 125 Å². The van der Waals surface area contributed by atoms with Crippen LogP contribution in [0.4, 0.5) is 0 Å². The van der Waals surface area contributed by atoms with Crippen LogP contribution in [0.3, 0.4) is 0 Å². The van der Waals surface area contributed by atoms with E-state index >= 15 is 0 Å². The van der Waals surface area contributed by atoms with E-state index in [1.54, 1.807) is 17.8 Å². The minimum Gasteiger partial charge on any atom is -0.466 e. The number of Topliss-reactive ketones (excluding diaryl/α,β-unsaturated/α-hetero) is 1. The zero-order valence-corrected chi connectivity index (χ0v) is 22.8. The van der Waals surface area contributed by atoms with Crippen molar-refractivity contribution in [2.75, 3.05) is 19.7 Å². The Morgan fingerprint density at radius 1 is 0.925 bits per heavy atom. The van der Waals surface area contributed by atoms with E-state index in [-0.39, 0.29) is 11.8 Å². The van der Waals surface area contributed by atoms with Crippen LogP contribution in [0.5, 0.6) is 0 Å². The molecule has 0 atom stereocenters. The maximum absolute atomic E-state index is 13.3. The van der Waals surface area contributed by atoms with Crippen LogP contribution in [0.25, 0.3) is 6.08 Å². The molecule has 40 heavy (non-hydrogen) atoms. The molecule has 0 amide bonds. The van der Waals surface area contributed by atoms with Crippen molar-refractivity contribution < 1.29 is 14.3 Å². The fourth-order valence-electron chi connectivity index (χ4n) is 5.60. The molecule has 2 heterocycles. The topological polar surface area (TPSA) is 77.3 Å². The molecule has 0 radical (unpaired) electrons. The first-order valence-electron chi connectivity index (χ1n) is 13.8. The van der Waals surface area contributed by atoms with E-state index < -0.39 is 5.54 Å². The number of ketones is 1. The van der Waals surface area contributed by atoms with Gasteiger partial charge in [-0.05, 0) is 36.1 Å². The Balaban J connectivity index is 1.53. The Bertz CT molecular complexity index is 1350. The van der Waals surface area contributed by atoms with Crippen LogP contribution in [-0.2, 0) is 26.4 Å². The third kappa shape index (κ3) is 5.65. The van der Waals surface area contributed by atoms with Crippen molar-refractivity contribution in [2.24, 2.45) is 0 Å². The number of hydrogen-bond acceptors (Lipinski definition) is 6. The Morgan fingerprint density at radius 3 is 2.05 bits per heavy atom. The van der Waals surface area contributed by atoms with E-state index in [0.717, 1.165) is 22.4 Å². The number of nitrogens with zero attached hydrogens (tertiary/aromatic N) is 4. The van der Waals surface area contributed by atoms with E-state index in [9.17, 15) is 9.59 Å². The number of aryl methyl sites for hydroxylation is 1. The lowest BCUT2D eigenvalue weighted by atomic mass is 9.74. The van der Waals surface area contributed by atoms with Crippen molar-refractivity contribution in [1.82, 2.24) is 19.9 Å². The molecule has 1 fully saturated rings. The number of carbonyl (C=O) groups excluding carboxylic acids is 2. The van der Waals surface area contributed by atoms with Crippen LogP contribution in [0.2, 0.25) is 0 Å². The highest BCUT2D eigenvalue weighted by Gasteiger charge is 2.44. The van der Waals surface area contributed by atoms with E-state index in [1.807, 2.05) is 24.3 Å². The monoisotopic (exact) mass is 534 g/mol. The summed E-state index contributed by atoms with van der Waals surface area (Å²) in [6, 6.07) is 31.5. The number of piperidine rings is 1. The summed E-state index contributed by atoms with van der Waals surface area (Å²) in [6.07, 6.45) is 4.87. The number of esters is 1. The van der Waals surface area contributed by atoms with Crippen molar-refractivity contribution in [3.63, 3.8) is 0 Å². The summed E-state index contributed by atoms with van der Waals surface area (Å²) in [6.45, 7) is 3.76. The second kappa shape index (κ2) is 12.7. The molecule has 0 unspecified atom stereocenters. The van der Waals surface area contributed by atoms with Crippen molar-refractivity contribution >= 4 is 17.8 Å². The highest BCUT2D eigenvalue weighted by Crippen LogP contribution is 2.44. The van der Waals surface area contributed by atoms with Gasteiger partial charge < -0.3 is 4.74 Å². The highest BCUT2D eigenvalue weighted by atomic mass is 16.5. The third-order valence-corrected chi connectivity index (χ3v) is 7.40. The fourth-order valence-corrected chi connectivity index (χ4v) is 5.60. The summed E-state index contributed by atoms with van der Waals surface area (Å²) in [5.41, 5.74) is 4.30. The second-order valence-corrected chi connectivity index (χ2v) is 9.86. The smallest absolute Gasteiger partial charge is 0.305 e. The van der Waals surface area contributed by atoms with Gasteiger partial charge in [0.1, 0.15) is 0 Å². The molecule has 1 aliphatic heterocycles. The first-order chi connectivity index (χ1) is 19.6. The number of benzene rings is 3. The number of likely N-dealkylation sites (tertiary alicyclic amines) is 1. The van der Waals surface area contributed by atoms with Gasteiger partial charge in [-0.1, -0.05) is 96.2 Å². The minimum absolute atomic E-state index is 0.124. The number of carbonyl (C=O) groups is 2. The highest BCUT2D eigenvalue weighted by molar-refractivity contribution is 6.00. The van der Waals surface area contributed by atoms with Gasteiger partial charge in [0, 0.05) is 38.0 Å². The molecule has 0 spiro atoms. The Kier molecular flexibility index (Phi) is 8.62. The van der Waals surface area contributed by atoms with Crippen LogP contribution < -0.4 is 0 Å². The molecule has 4 aromatic rings. The van der Waals surface area contributed by atoms with Gasteiger partial charge in [-0.15, -0.1) is 5.10 Å². The van der Waals surface area contributed by atoms with Gasteiger partial charge in [-0.25, -0.2) is 4.68 Å². The molecule has 5 rings (SSSR count). The Hall–Kier alpha value is -4.36. The molecule has 0 aliphatic carbocycles. The molecule has 0 saturated carbocycles. The van der Waals surface area contributed by atoms with Crippen LogP contribution in [0, 0.1) is 0 Å². The van der Waals surface area contributed by atoms with Crippen LogP contribution in [-0.4, -0.2) is 51.3 Å². The van der Waals surface area contributed by atoms with E-state index in [4.69, 9.17) is 4.74 Å². The number of rotatable bonds is 10. The number of ether oxygens (including phenoxy) is 1. The summed E-state index contributed by atoms with van der Waals surface area (Å²) in [5.74, 6) is -0.0988. The van der Waals surface area contributed by atoms with E-state index in [1.165, 1.54) is 0 Å². The normalized spacial score (nSPS) is 15.3. The maximum atomic E-state index is 13.3. The second-order valence-electron chi connectivity index (χ2n) is 9.86. The van der Waals surface area contributed by atoms with Crippen LogP contribution in [0.15, 0.2) is 103 Å². The van der Waals surface area contributed by atoms with Crippen LogP contribution >= 0.6 is 0 Å².